The Morgan fingerprint density at radius 1 is 0.250 bits per heavy atom. The highest BCUT2D eigenvalue weighted by molar-refractivity contribution is 6.19. The highest BCUT2D eigenvalue weighted by Gasteiger charge is 2.23. The minimum atomic E-state index is 0.547. The zero-order valence-electron chi connectivity index (χ0n) is 36.8. The summed E-state index contributed by atoms with van der Waals surface area (Å²) in [7, 11) is 0. The van der Waals surface area contributed by atoms with Crippen molar-refractivity contribution < 1.29 is 0 Å². The first-order valence-electron chi connectivity index (χ1n) is 22.9. The maximum atomic E-state index is 5.36. The Morgan fingerprint density at radius 2 is 0.721 bits per heavy atom. The van der Waals surface area contributed by atoms with Crippen LogP contribution in [0, 0.1) is 0 Å². The third kappa shape index (κ3) is 6.74. The lowest BCUT2D eigenvalue weighted by Crippen LogP contribution is -2.06. The molecule has 4 heterocycles. The number of pyridine rings is 1. The van der Waals surface area contributed by atoms with Gasteiger partial charge in [0.2, 0.25) is 5.95 Å². The van der Waals surface area contributed by atoms with E-state index in [1.165, 1.54) is 5.39 Å². The molecule has 0 amide bonds. The number of para-hydroxylation sites is 3. The SMILES string of the molecule is c1ccc(-c2cccc(-c3nc(-c4ccccc4)nc(-n4c5ccccc5c5cc6c7ccccc7n(-c7ccccc7-c7cc(-c8ccccc8)nc(-c8ccccc8)c7)c6cc54)n3)c2)cc1. The van der Waals surface area contributed by atoms with Crippen LogP contribution in [0.1, 0.15) is 0 Å². The molecule has 6 nitrogen and oxygen atoms in total. The van der Waals surface area contributed by atoms with E-state index in [1.807, 2.05) is 36.4 Å². The van der Waals surface area contributed by atoms with Gasteiger partial charge >= 0.3 is 0 Å². The normalized spacial score (nSPS) is 11.5. The Kier molecular flexibility index (Phi) is 9.39. The molecule has 0 fully saturated rings. The third-order valence-corrected chi connectivity index (χ3v) is 13.0. The van der Waals surface area contributed by atoms with Crippen LogP contribution < -0.4 is 0 Å². The van der Waals surface area contributed by atoms with E-state index in [2.05, 4.69) is 215 Å². The summed E-state index contributed by atoms with van der Waals surface area (Å²) < 4.78 is 4.65. The lowest BCUT2D eigenvalue weighted by atomic mass is 9.98. The topological polar surface area (TPSA) is 61.4 Å². The molecule has 0 aliphatic heterocycles. The summed E-state index contributed by atoms with van der Waals surface area (Å²) in [6, 6.07) is 85.2. The van der Waals surface area contributed by atoms with Crippen LogP contribution in [0.4, 0.5) is 0 Å². The predicted octanol–water partition coefficient (Wildman–Crippen LogP) is 15.5. The molecule has 0 saturated carbocycles. The fourth-order valence-corrected chi connectivity index (χ4v) is 9.80. The molecule has 13 rings (SSSR count). The van der Waals surface area contributed by atoms with Crippen LogP contribution in [0.3, 0.4) is 0 Å². The molecule has 0 N–H and O–H groups in total. The van der Waals surface area contributed by atoms with E-state index in [9.17, 15) is 0 Å². The molecule has 0 spiro atoms. The van der Waals surface area contributed by atoms with Crippen LogP contribution in [-0.2, 0) is 0 Å². The van der Waals surface area contributed by atoms with Crippen molar-refractivity contribution in [3.05, 3.63) is 243 Å². The van der Waals surface area contributed by atoms with Crippen LogP contribution >= 0.6 is 0 Å². The Hall–Kier alpha value is -9.26. The molecule has 6 heteroatoms. The largest absolute Gasteiger partial charge is 0.309 e. The molecular formula is C62H40N6. The van der Waals surface area contributed by atoms with Gasteiger partial charge in [-0.2, -0.15) is 9.97 Å². The summed E-state index contributed by atoms with van der Waals surface area (Å²) in [5.41, 5.74) is 15.5. The molecule has 0 unspecified atom stereocenters. The predicted molar refractivity (Wildman–Crippen MR) is 279 cm³/mol. The average Bonchev–Trinajstić information content (AvgIpc) is 3.92. The van der Waals surface area contributed by atoms with Crippen LogP contribution in [0.5, 0.6) is 0 Å². The van der Waals surface area contributed by atoms with Crippen LogP contribution in [0.15, 0.2) is 243 Å². The van der Waals surface area contributed by atoms with Crippen molar-refractivity contribution in [2.24, 2.45) is 0 Å². The molecule has 0 radical (unpaired) electrons. The maximum Gasteiger partial charge on any atom is 0.238 e. The number of fused-ring (bicyclic) bond motifs is 6. The van der Waals surface area contributed by atoms with Crippen LogP contribution in [-0.4, -0.2) is 29.1 Å². The molecule has 0 saturated heterocycles. The fraction of sp³-hybridized carbons (Fsp3) is 0. The van der Waals surface area contributed by atoms with Crippen molar-refractivity contribution in [2.45, 2.75) is 0 Å². The van der Waals surface area contributed by atoms with E-state index in [1.54, 1.807) is 0 Å². The average molecular weight is 869 g/mol. The second-order valence-corrected chi connectivity index (χ2v) is 17.1. The molecule has 0 atom stereocenters. The minimum Gasteiger partial charge on any atom is -0.309 e. The lowest BCUT2D eigenvalue weighted by molar-refractivity contribution is 0.953. The summed E-state index contributed by atoms with van der Waals surface area (Å²) in [6.45, 7) is 0. The molecule has 0 aliphatic carbocycles. The van der Waals surface area contributed by atoms with Gasteiger partial charge in [-0.15, -0.1) is 0 Å². The van der Waals surface area contributed by atoms with Crippen molar-refractivity contribution in [3.8, 4) is 79.2 Å². The van der Waals surface area contributed by atoms with E-state index < -0.39 is 0 Å². The molecule has 4 aromatic heterocycles. The highest BCUT2D eigenvalue weighted by atomic mass is 15.2. The maximum absolute atomic E-state index is 5.36. The smallest absolute Gasteiger partial charge is 0.238 e. The monoisotopic (exact) mass is 868 g/mol. The highest BCUT2D eigenvalue weighted by Crippen LogP contribution is 2.42. The molecule has 318 valence electrons. The number of hydrogen-bond acceptors (Lipinski definition) is 4. The van der Waals surface area contributed by atoms with E-state index in [4.69, 9.17) is 19.9 Å². The minimum absolute atomic E-state index is 0.547. The summed E-state index contributed by atoms with van der Waals surface area (Å²) in [4.78, 5) is 21.0. The van der Waals surface area contributed by atoms with Crippen molar-refractivity contribution in [2.75, 3.05) is 0 Å². The molecule has 68 heavy (non-hydrogen) atoms. The summed E-state index contributed by atoms with van der Waals surface area (Å²) >= 11 is 0. The van der Waals surface area contributed by atoms with Gasteiger partial charge in [-0.3, -0.25) is 4.57 Å². The van der Waals surface area contributed by atoms with Crippen molar-refractivity contribution in [3.63, 3.8) is 0 Å². The Labute approximate surface area is 392 Å². The van der Waals surface area contributed by atoms with Crippen LogP contribution in [0.25, 0.3) is 123 Å². The van der Waals surface area contributed by atoms with Crippen LogP contribution in [0.2, 0.25) is 0 Å². The first-order valence-corrected chi connectivity index (χ1v) is 22.9. The molecule has 0 aliphatic rings. The van der Waals surface area contributed by atoms with E-state index in [0.29, 0.717) is 17.6 Å². The Balaban J connectivity index is 1.07. The van der Waals surface area contributed by atoms with Gasteiger partial charge in [-0.25, -0.2) is 9.97 Å². The Bertz CT molecular complexity index is 3950. The Morgan fingerprint density at radius 3 is 1.35 bits per heavy atom. The van der Waals surface area contributed by atoms with Crippen molar-refractivity contribution >= 4 is 43.6 Å². The van der Waals surface area contributed by atoms with Gasteiger partial charge in [0, 0.05) is 49.4 Å². The first-order chi connectivity index (χ1) is 33.7. The quantitative estimate of drug-likeness (QED) is 0.153. The first kappa shape index (κ1) is 39.1. The van der Waals surface area contributed by atoms with Gasteiger partial charge in [0.05, 0.1) is 39.1 Å². The lowest BCUT2D eigenvalue weighted by Gasteiger charge is -2.16. The third-order valence-electron chi connectivity index (χ3n) is 13.0. The van der Waals surface area contributed by atoms with Crippen molar-refractivity contribution in [1.82, 2.24) is 29.1 Å². The van der Waals surface area contributed by atoms with E-state index in [0.717, 1.165) is 99.8 Å². The zero-order valence-corrected chi connectivity index (χ0v) is 36.8. The van der Waals surface area contributed by atoms with E-state index >= 15 is 0 Å². The number of benzene rings is 9. The van der Waals surface area contributed by atoms with Gasteiger partial charge in [0.1, 0.15) is 0 Å². The van der Waals surface area contributed by atoms with Gasteiger partial charge in [-0.1, -0.05) is 194 Å². The van der Waals surface area contributed by atoms with E-state index in [-0.39, 0.29) is 0 Å². The van der Waals surface area contributed by atoms with Gasteiger partial charge in [0.25, 0.3) is 0 Å². The van der Waals surface area contributed by atoms with Gasteiger partial charge in [0.15, 0.2) is 11.6 Å². The zero-order chi connectivity index (χ0) is 45.0. The van der Waals surface area contributed by atoms with Gasteiger partial charge in [-0.05, 0) is 65.2 Å². The molecule has 13 aromatic rings. The number of hydrogen-bond donors (Lipinski definition) is 0. The van der Waals surface area contributed by atoms with Gasteiger partial charge < -0.3 is 4.57 Å². The second kappa shape index (κ2) is 16.3. The number of aromatic nitrogens is 6. The fourth-order valence-electron chi connectivity index (χ4n) is 9.80. The number of nitrogens with zero attached hydrogens (tertiary/aromatic N) is 6. The van der Waals surface area contributed by atoms with Crippen molar-refractivity contribution in [1.29, 1.82) is 0 Å². The summed E-state index contributed by atoms with van der Waals surface area (Å²) in [6.07, 6.45) is 0. The molecular weight excluding hydrogens is 829 g/mol. The molecule has 9 aromatic carbocycles. The molecule has 0 bridgehead atoms. The summed E-state index contributed by atoms with van der Waals surface area (Å²) in [5.74, 6) is 1.75. The standard InChI is InChI=1S/C62H40N6/c1-5-20-41(21-6-1)45-28-19-29-46(36-45)61-64-60(44-26-11-4-12-27-44)65-62(66-61)68-57-35-18-15-32-50(57)52-39-51-49-31-14-17-34-56(49)67(58(51)40-59(52)68)55-33-16-13-30-48(55)47-37-53(42-22-7-2-8-23-42)63-54(38-47)43-24-9-3-10-25-43/h1-40H. The summed E-state index contributed by atoms with van der Waals surface area (Å²) in [5, 5.41) is 4.57. The number of rotatable bonds is 8. The second-order valence-electron chi connectivity index (χ2n) is 17.1.